The number of nitrogens with zero attached hydrogens (tertiary/aromatic N) is 1. The van der Waals surface area contributed by atoms with Gasteiger partial charge in [0.25, 0.3) is 5.69 Å². The third-order valence-electron chi connectivity index (χ3n) is 2.78. The second-order valence-corrected chi connectivity index (χ2v) is 4.57. The van der Waals surface area contributed by atoms with Crippen LogP contribution in [0.3, 0.4) is 0 Å². The first-order valence-electron chi connectivity index (χ1n) is 5.72. The predicted octanol–water partition coefficient (Wildman–Crippen LogP) is 3.18. The summed E-state index contributed by atoms with van der Waals surface area (Å²) < 4.78 is 0. The highest BCUT2D eigenvalue weighted by Crippen LogP contribution is 2.22. The fourth-order valence-corrected chi connectivity index (χ4v) is 1.98. The number of carboxylic acids is 1. The van der Waals surface area contributed by atoms with Gasteiger partial charge in [0.2, 0.25) is 0 Å². The average Bonchev–Trinajstić information content (AvgIpc) is 2.46. The first-order chi connectivity index (χ1) is 9.90. The lowest BCUT2D eigenvalue weighted by Crippen LogP contribution is -2.10. The van der Waals surface area contributed by atoms with E-state index < -0.39 is 16.7 Å². The van der Waals surface area contributed by atoms with Gasteiger partial charge in [-0.25, -0.2) is 4.79 Å². The Morgan fingerprint density at radius 1 is 1.10 bits per heavy atom. The van der Waals surface area contributed by atoms with E-state index in [-0.39, 0.29) is 27.4 Å². The number of nitro benzene ring substituents is 1. The van der Waals surface area contributed by atoms with Crippen molar-refractivity contribution in [3.63, 3.8) is 0 Å². The van der Waals surface area contributed by atoms with Crippen molar-refractivity contribution >= 4 is 29.0 Å². The van der Waals surface area contributed by atoms with Crippen LogP contribution in [0.2, 0.25) is 5.02 Å². The van der Waals surface area contributed by atoms with Gasteiger partial charge in [0.1, 0.15) is 0 Å². The monoisotopic (exact) mass is 305 g/mol. The Labute approximate surface area is 123 Å². The Morgan fingerprint density at radius 2 is 1.81 bits per heavy atom. The van der Waals surface area contributed by atoms with Crippen LogP contribution in [0, 0.1) is 10.1 Å². The standard InChI is InChI=1S/C14H8ClNO5/c15-9-4-5-11(14(18)19)12(7-9)13(17)8-2-1-3-10(6-8)16(20)21/h1-7H,(H,18,19). The lowest BCUT2D eigenvalue weighted by molar-refractivity contribution is -0.384. The second-order valence-electron chi connectivity index (χ2n) is 4.13. The van der Waals surface area contributed by atoms with Crippen LogP contribution in [0.4, 0.5) is 5.69 Å². The second kappa shape index (κ2) is 5.72. The van der Waals surface area contributed by atoms with Crippen LogP contribution in [0.25, 0.3) is 0 Å². The SMILES string of the molecule is O=C(O)c1ccc(Cl)cc1C(=O)c1cccc([N+](=O)[O-])c1. The largest absolute Gasteiger partial charge is 0.478 e. The van der Waals surface area contributed by atoms with Crippen molar-refractivity contribution in [2.24, 2.45) is 0 Å². The average molecular weight is 306 g/mol. The fraction of sp³-hybridized carbons (Fsp3) is 0. The first kappa shape index (κ1) is 14.7. The summed E-state index contributed by atoms with van der Waals surface area (Å²) >= 11 is 5.78. The van der Waals surface area contributed by atoms with Crippen LogP contribution >= 0.6 is 11.6 Å². The molecule has 0 spiro atoms. The third-order valence-corrected chi connectivity index (χ3v) is 3.01. The number of non-ortho nitro benzene ring substituents is 1. The summed E-state index contributed by atoms with van der Waals surface area (Å²) in [4.78, 5) is 33.6. The van der Waals surface area contributed by atoms with E-state index in [1.165, 1.54) is 36.4 Å². The van der Waals surface area contributed by atoms with Crippen LogP contribution in [-0.4, -0.2) is 21.8 Å². The molecule has 0 aliphatic heterocycles. The normalized spacial score (nSPS) is 10.1. The molecule has 0 heterocycles. The van der Waals surface area contributed by atoms with E-state index in [0.29, 0.717) is 0 Å². The molecule has 21 heavy (non-hydrogen) atoms. The molecule has 0 atom stereocenters. The third kappa shape index (κ3) is 3.06. The maximum absolute atomic E-state index is 12.4. The Morgan fingerprint density at radius 3 is 2.43 bits per heavy atom. The van der Waals surface area contributed by atoms with Gasteiger partial charge in [-0.05, 0) is 18.2 Å². The first-order valence-corrected chi connectivity index (χ1v) is 6.10. The smallest absolute Gasteiger partial charge is 0.336 e. The topological polar surface area (TPSA) is 97.5 Å². The molecule has 0 fully saturated rings. The van der Waals surface area contributed by atoms with Crippen molar-refractivity contribution < 1.29 is 19.6 Å². The number of carbonyl (C=O) groups excluding carboxylic acids is 1. The molecule has 0 saturated heterocycles. The number of nitro groups is 1. The Hall–Kier alpha value is -2.73. The molecule has 0 unspecified atom stereocenters. The van der Waals surface area contributed by atoms with Crippen molar-refractivity contribution in [1.82, 2.24) is 0 Å². The molecule has 0 radical (unpaired) electrons. The molecule has 7 heteroatoms. The summed E-state index contributed by atoms with van der Waals surface area (Å²) in [6, 6.07) is 8.87. The molecule has 1 N–H and O–H groups in total. The zero-order valence-electron chi connectivity index (χ0n) is 10.4. The number of ketones is 1. The van der Waals surface area contributed by atoms with E-state index in [1.54, 1.807) is 0 Å². The number of aromatic carboxylic acids is 1. The quantitative estimate of drug-likeness (QED) is 0.531. The molecular weight excluding hydrogens is 298 g/mol. The van der Waals surface area contributed by atoms with Gasteiger partial charge in [0.05, 0.1) is 10.5 Å². The molecule has 0 saturated carbocycles. The lowest BCUT2D eigenvalue weighted by atomic mass is 9.98. The molecule has 0 aliphatic carbocycles. The van der Waals surface area contributed by atoms with E-state index in [2.05, 4.69) is 0 Å². The summed E-state index contributed by atoms with van der Waals surface area (Å²) in [6.45, 7) is 0. The van der Waals surface area contributed by atoms with Crippen molar-refractivity contribution in [2.45, 2.75) is 0 Å². The molecule has 2 aromatic carbocycles. The highest BCUT2D eigenvalue weighted by atomic mass is 35.5. The highest BCUT2D eigenvalue weighted by molar-refractivity contribution is 6.31. The van der Waals surface area contributed by atoms with Crippen molar-refractivity contribution in [1.29, 1.82) is 0 Å². The van der Waals surface area contributed by atoms with Crippen LogP contribution < -0.4 is 0 Å². The highest BCUT2D eigenvalue weighted by Gasteiger charge is 2.20. The van der Waals surface area contributed by atoms with Crippen molar-refractivity contribution in [3.05, 3.63) is 74.3 Å². The van der Waals surface area contributed by atoms with Gasteiger partial charge in [-0.15, -0.1) is 0 Å². The molecule has 0 aromatic heterocycles. The van der Waals surface area contributed by atoms with Crippen LogP contribution in [0.5, 0.6) is 0 Å². The zero-order valence-corrected chi connectivity index (χ0v) is 11.2. The number of rotatable bonds is 4. The summed E-state index contributed by atoms with van der Waals surface area (Å²) in [6.07, 6.45) is 0. The van der Waals surface area contributed by atoms with E-state index >= 15 is 0 Å². The molecular formula is C14H8ClNO5. The van der Waals surface area contributed by atoms with Crippen LogP contribution in [0.1, 0.15) is 26.3 Å². The minimum atomic E-state index is -1.28. The molecule has 0 aliphatic rings. The molecule has 106 valence electrons. The van der Waals surface area contributed by atoms with E-state index in [9.17, 15) is 19.7 Å². The van der Waals surface area contributed by atoms with Crippen LogP contribution in [0.15, 0.2) is 42.5 Å². The summed E-state index contributed by atoms with van der Waals surface area (Å²) in [7, 11) is 0. The molecule has 0 bridgehead atoms. The number of carbonyl (C=O) groups is 2. The summed E-state index contributed by atoms with van der Waals surface area (Å²) in [5.74, 6) is -1.92. The number of carboxylic acid groups (broad SMARTS) is 1. The summed E-state index contributed by atoms with van der Waals surface area (Å²) in [5.41, 5.74) is -0.555. The summed E-state index contributed by atoms with van der Waals surface area (Å²) in [5, 5.41) is 20.0. The van der Waals surface area contributed by atoms with Gasteiger partial charge in [-0.1, -0.05) is 23.7 Å². The van der Waals surface area contributed by atoms with Crippen molar-refractivity contribution in [2.75, 3.05) is 0 Å². The van der Waals surface area contributed by atoms with E-state index in [1.807, 2.05) is 0 Å². The predicted molar refractivity (Wildman–Crippen MR) is 74.9 cm³/mol. The number of hydrogen-bond donors (Lipinski definition) is 1. The van der Waals surface area contributed by atoms with Crippen molar-refractivity contribution in [3.8, 4) is 0 Å². The van der Waals surface area contributed by atoms with Gasteiger partial charge < -0.3 is 5.11 Å². The lowest BCUT2D eigenvalue weighted by Gasteiger charge is -2.06. The van der Waals surface area contributed by atoms with Crippen LogP contribution in [-0.2, 0) is 0 Å². The molecule has 0 amide bonds. The zero-order chi connectivity index (χ0) is 15.6. The van der Waals surface area contributed by atoms with Gasteiger partial charge in [-0.2, -0.15) is 0 Å². The van der Waals surface area contributed by atoms with Gasteiger partial charge in [0, 0.05) is 28.3 Å². The van der Waals surface area contributed by atoms with Gasteiger partial charge in [-0.3, -0.25) is 14.9 Å². The maximum Gasteiger partial charge on any atom is 0.336 e. The number of halogens is 1. The number of benzene rings is 2. The van der Waals surface area contributed by atoms with Gasteiger partial charge >= 0.3 is 5.97 Å². The Balaban J connectivity index is 2.54. The Kier molecular flexibility index (Phi) is 4.00. The Bertz CT molecular complexity index is 757. The molecule has 6 nitrogen and oxygen atoms in total. The van der Waals surface area contributed by atoms with E-state index in [0.717, 1.165) is 6.07 Å². The van der Waals surface area contributed by atoms with Gasteiger partial charge in [0.15, 0.2) is 5.78 Å². The maximum atomic E-state index is 12.4. The minimum Gasteiger partial charge on any atom is -0.478 e. The molecule has 2 aromatic rings. The fourth-order valence-electron chi connectivity index (χ4n) is 1.81. The minimum absolute atomic E-state index is 0.0222. The van der Waals surface area contributed by atoms with E-state index in [4.69, 9.17) is 16.7 Å². The molecule has 2 rings (SSSR count). The number of hydrogen-bond acceptors (Lipinski definition) is 4.